The Kier molecular flexibility index (Phi) is 6.49. The SMILES string of the molecule is CCn1nc(CC(C)C)cc1C(=O)NCC(=O)Nc1ccc(F)cc1C. The van der Waals surface area contributed by atoms with Crippen LogP contribution in [0.15, 0.2) is 24.3 Å². The summed E-state index contributed by atoms with van der Waals surface area (Å²) in [6.07, 6.45) is 0.789. The number of hydrogen-bond donors (Lipinski definition) is 2. The van der Waals surface area contributed by atoms with E-state index < -0.39 is 0 Å². The van der Waals surface area contributed by atoms with Crippen molar-refractivity contribution in [2.75, 3.05) is 11.9 Å². The van der Waals surface area contributed by atoms with Gasteiger partial charge in [-0.3, -0.25) is 14.3 Å². The summed E-state index contributed by atoms with van der Waals surface area (Å²) in [5.74, 6) is -0.645. The van der Waals surface area contributed by atoms with E-state index in [0.29, 0.717) is 29.4 Å². The molecule has 0 saturated carbocycles. The van der Waals surface area contributed by atoms with Crippen LogP contribution in [0.1, 0.15) is 42.5 Å². The van der Waals surface area contributed by atoms with Crippen molar-refractivity contribution in [3.8, 4) is 0 Å². The van der Waals surface area contributed by atoms with Crippen molar-refractivity contribution in [1.29, 1.82) is 0 Å². The molecule has 1 aromatic carbocycles. The molecule has 26 heavy (non-hydrogen) atoms. The van der Waals surface area contributed by atoms with Gasteiger partial charge in [-0.15, -0.1) is 0 Å². The maximum absolute atomic E-state index is 13.1. The Labute approximate surface area is 152 Å². The average Bonchev–Trinajstić information content (AvgIpc) is 2.97. The van der Waals surface area contributed by atoms with Gasteiger partial charge in [0.15, 0.2) is 0 Å². The molecule has 1 aromatic heterocycles. The first-order chi connectivity index (χ1) is 12.3. The van der Waals surface area contributed by atoms with Crippen LogP contribution in [0.5, 0.6) is 0 Å². The van der Waals surface area contributed by atoms with E-state index in [9.17, 15) is 14.0 Å². The molecule has 0 bridgehead atoms. The minimum atomic E-state index is -0.377. The minimum absolute atomic E-state index is 0.177. The number of aryl methyl sites for hydroxylation is 2. The van der Waals surface area contributed by atoms with E-state index in [1.807, 2.05) is 6.92 Å². The van der Waals surface area contributed by atoms with Crippen molar-refractivity contribution in [1.82, 2.24) is 15.1 Å². The summed E-state index contributed by atoms with van der Waals surface area (Å²) < 4.78 is 14.7. The number of benzene rings is 1. The van der Waals surface area contributed by atoms with E-state index in [1.54, 1.807) is 17.7 Å². The number of hydrogen-bond acceptors (Lipinski definition) is 3. The lowest BCUT2D eigenvalue weighted by Crippen LogP contribution is -2.34. The zero-order valence-electron chi connectivity index (χ0n) is 15.6. The van der Waals surface area contributed by atoms with E-state index in [4.69, 9.17) is 0 Å². The van der Waals surface area contributed by atoms with Crippen LogP contribution in [0.4, 0.5) is 10.1 Å². The van der Waals surface area contributed by atoms with Crippen LogP contribution in [0, 0.1) is 18.7 Å². The van der Waals surface area contributed by atoms with Gasteiger partial charge in [0, 0.05) is 12.2 Å². The maximum atomic E-state index is 13.1. The molecular formula is C19H25FN4O2. The highest BCUT2D eigenvalue weighted by molar-refractivity contribution is 5.98. The van der Waals surface area contributed by atoms with Crippen molar-refractivity contribution in [3.63, 3.8) is 0 Å². The molecule has 0 unspecified atom stereocenters. The van der Waals surface area contributed by atoms with E-state index in [0.717, 1.165) is 12.1 Å². The Bertz CT molecular complexity index is 799. The quantitative estimate of drug-likeness (QED) is 0.797. The molecule has 2 rings (SSSR count). The first-order valence-electron chi connectivity index (χ1n) is 8.71. The summed E-state index contributed by atoms with van der Waals surface area (Å²) in [6.45, 7) is 8.19. The molecule has 2 N–H and O–H groups in total. The zero-order chi connectivity index (χ0) is 19.3. The van der Waals surface area contributed by atoms with Gasteiger partial charge in [0.05, 0.1) is 12.2 Å². The molecule has 7 heteroatoms. The molecule has 0 fully saturated rings. The number of halogens is 1. The Morgan fingerprint density at radius 3 is 2.62 bits per heavy atom. The summed E-state index contributed by atoms with van der Waals surface area (Å²) in [5, 5.41) is 9.69. The first kappa shape index (κ1) is 19.6. The summed E-state index contributed by atoms with van der Waals surface area (Å²) >= 11 is 0. The predicted octanol–water partition coefficient (Wildman–Crippen LogP) is 2.92. The second-order valence-corrected chi connectivity index (χ2v) is 6.62. The smallest absolute Gasteiger partial charge is 0.269 e. The predicted molar refractivity (Wildman–Crippen MR) is 98.5 cm³/mol. The number of aromatic nitrogens is 2. The van der Waals surface area contributed by atoms with Crippen molar-refractivity contribution in [2.24, 2.45) is 5.92 Å². The second-order valence-electron chi connectivity index (χ2n) is 6.62. The molecule has 2 amide bonds. The number of amides is 2. The van der Waals surface area contributed by atoms with E-state index in [-0.39, 0.29) is 24.2 Å². The molecule has 0 radical (unpaired) electrons. The lowest BCUT2D eigenvalue weighted by atomic mass is 10.1. The highest BCUT2D eigenvalue weighted by Crippen LogP contribution is 2.15. The van der Waals surface area contributed by atoms with E-state index in [2.05, 4.69) is 29.6 Å². The maximum Gasteiger partial charge on any atom is 0.269 e. The van der Waals surface area contributed by atoms with Crippen LogP contribution < -0.4 is 10.6 Å². The minimum Gasteiger partial charge on any atom is -0.342 e. The Balaban J connectivity index is 1.97. The van der Waals surface area contributed by atoms with Gasteiger partial charge in [0.1, 0.15) is 11.5 Å². The van der Waals surface area contributed by atoms with Gasteiger partial charge in [-0.2, -0.15) is 5.10 Å². The second kappa shape index (κ2) is 8.60. The number of anilines is 1. The third-order valence-electron chi connectivity index (χ3n) is 3.85. The molecule has 0 aliphatic heterocycles. The first-order valence-corrected chi connectivity index (χ1v) is 8.71. The average molecular weight is 360 g/mol. The number of carbonyl (C=O) groups excluding carboxylic acids is 2. The van der Waals surface area contributed by atoms with Gasteiger partial charge >= 0.3 is 0 Å². The number of nitrogens with one attached hydrogen (secondary N) is 2. The monoisotopic (exact) mass is 360 g/mol. The van der Waals surface area contributed by atoms with Crippen molar-refractivity contribution in [2.45, 2.75) is 40.7 Å². The van der Waals surface area contributed by atoms with Gasteiger partial charge in [0.25, 0.3) is 5.91 Å². The topological polar surface area (TPSA) is 76.0 Å². The zero-order valence-corrected chi connectivity index (χ0v) is 15.6. The van der Waals surface area contributed by atoms with Crippen LogP contribution in [-0.2, 0) is 17.8 Å². The summed E-state index contributed by atoms with van der Waals surface area (Å²) in [6, 6.07) is 5.87. The fraction of sp³-hybridized carbons (Fsp3) is 0.421. The van der Waals surface area contributed by atoms with Crippen LogP contribution in [0.3, 0.4) is 0 Å². The van der Waals surface area contributed by atoms with Crippen LogP contribution >= 0.6 is 0 Å². The van der Waals surface area contributed by atoms with Crippen LogP contribution in [0.2, 0.25) is 0 Å². The highest BCUT2D eigenvalue weighted by atomic mass is 19.1. The lowest BCUT2D eigenvalue weighted by molar-refractivity contribution is -0.115. The largest absolute Gasteiger partial charge is 0.342 e. The van der Waals surface area contributed by atoms with Gasteiger partial charge in [0.2, 0.25) is 5.91 Å². The third kappa shape index (κ3) is 5.15. The standard InChI is InChI=1S/C19H25FN4O2/c1-5-24-17(10-15(23-24)8-12(2)3)19(26)21-11-18(25)22-16-7-6-14(20)9-13(16)4/h6-7,9-10,12H,5,8,11H2,1-4H3,(H,21,26)(H,22,25). The molecule has 0 aliphatic carbocycles. The molecule has 140 valence electrons. The van der Waals surface area contributed by atoms with Gasteiger partial charge in [-0.25, -0.2) is 4.39 Å². The normalized spacial score (nSPS) is 10.8. The van der Waals surface area contributed by atoms with E-state index in [1.165, 1.54) is 18.2 Å². The Morgan fingerprint density at radius 2 is 2.00 bits per heavy atom. The molecule has 0 saturated heterocycles. The van der Waals surface area contributed by atoms with Crippen LogP contribution in [0.25, 0.3) is 0 Å². The molecule has 1 heterocycles. The molecule has 0 aliphatic rings. The third-order valence-corrected chi connectivity index (χ3v) is 3.85. The molecule has 0 atom stereocenters. The lowest BCUT2D eigenvalue weighted by Gasteiger charge is -2.09. The van der Waals surface area contributed by atoms with Crippen LogP contribution in [-0.4, -0.2) is 28.1 Å². The molecule has 0 spiro atoms. The summed E-state index contributed by atoms with van der Waals surface area (Å²) in [5.41, 5.74) is 2.43. The molecule has 2 aromatic rings. The number of nitrogens with zero attached hydrogens (tertiary/aromatic N) is 2. The van der Waals surface area contributed by atoms with Crippen molar-refractivity contribution >= 4 is 17.5 Å². The number of rotatable bonds is 7. The molecular weight excluding hydrogens is 335 g/mol. The Hall–Kier alpha value is -2.70. The van der Waals surface area contributed by atoms with Crippen molar-refractivity contribution in [3.05, 3.63) is 47.0 Å². The van der Waals surface area contributed by atoms with E-state index >= 15 is 0 Å². The highest BCUT2D eigenvalue weighted by Gasteiger charge is 2.16. The van der Waals surface area contributed by atoms with Gasteiger partial charge in [-0.1, -0.05) is 13.8 Å². The fourth-order valence-corrected chi connectivity index (χ4v) is 2.62. The Morgan fingerprint density at radius 1 is 1.27 bits per heavy atom. The summed E-state index contributed by atoms with van der Waals surface area (Å²) in [4.78, 5) is 24.4. The molecule has 6 nitrogen and oxygen atoms in total. The number of carbonyl (C=O) groups is 2. The van der Waals surface area contributed by atoms with Gasteiger partial charge < -0.3 is 10.6 Å². The summed E-state index contributed by atoms with van der Waals surface area (Å²) in [7, 11) is 0. The van der Waals surface area contributed by atoms with Gasteiger partial charge in [-0.05, 0) is 56.0 Å². The van der Waals surface area contributed by atoms with Crippen molar-refractivity contribution < 1.29 is 14.0 Å². The fourth-order valence-electron chi connectivity index (χ4n) is 2.62.